The molecule has 3 rings (SSSR count). The highest BCUT2D eigenvalue weighted by Crippen LogP contribution is 2.22. The number of esters is 2. The number of nitrogens with zero attached hydrogens (tertiary/aromatic N) is 3. The second kappa shape index (κ2) is 11.5. The summed E-state index contributed by atoms with van der Waals surface area (Å²) >= 11 is 0. The average molecular weight is 511 g/mol. The zero-order chi connectivity index (χ0) is 27.2. The second-order valence-corrected chi connectivity index (χ2v) is 8.43. The van der Waals surface area contributed by atoms with Gasteiger partial charge in [-0.2, -0.15) is 0 Å². The molecule has 1 saturated heterocycles. The van der Waals surface area contributed by atoms with Crippen LogP contribution < -0.4 is 21.9 Å². The number of benzene rings is 2. The fraction of sp³-hybridized carbons (Fsp3) is 0.320. The van der Waals surface area contributed by atoms with E-state index in [1.54, 1.807) is 41.0 Å². The summed E-state index contributed by atoms with van der Waals surface area (Å²) in [5.74, 6) is -2.15. The van der Waals surface area contributed by atoms with Crippen molar-refractivity contribution in [3.05, 3.63) is 59.7 Å². The molecule has 1 fully saturated rings. The van der Waals surface area contributed by atoms with Gasteiger partial charge in [0, 0.05) is 31.7 Å². The van der Waals surface area contributed by atoms with Crippen LogP contribution in [-0.4, -0.2) is 77.8 Å². The highest BCUT2D eigenvalue weighted by Gasteiger charge is 2.47. The summed E-state index contributed by atoms with van der Waals surface area (Å²) in [5, 5.41) is 0. The van der Waals surface area contributed by atoms with Gasteiger partial charge in [0.1, 0.15) is 5.75 Å². The number of primary amides is 1. The lowest BCUT2D eigenvalue weighted by Gasteiger charge is -2.42. The molecule has 2 aromatic carbocycles. The van der Waals surface area contributed by atoms with Gasteiger partial charge in [-0.15, -0.1) is 0 Å². The predicted octanol–water partition coefficient (Wildman–Crippen LogP) is 0.376. The Hall–Kier alpha value is -4.45. The van der Waals surface area contributed by atoms with Gasteiger partial charge >= 0.3 is 11.9 Å². The molecule has 0 spiro atoms. The topological polar surface area (TPSA) is 184 Å². The molecule has 196 valence electrons. The predicted molar refractivity (Wildman–Crippen MR) is 135 cm³/mol. The van der Waals surface area contributed by atoms with E-state index >= 15 is 0 Å². The Bertz CT molecular complexity index is 1190. The minimum atomic E-state index is -1.61. The monoisotopic (exact) mass is 510 g/mol. The molecule has 12 nitrogen and oxygen atoms in total. The number of piperazine rings is 1. The van der Waals surface area contributed by atoms with Gasteiger partial charge in [-0.05, 0) is 62.4 Å². The Morgan fingerprint density at radius 1 is 0.892 bits per heavy atom. The lowest BCUT2D eigenvalue weighted by atomic mass is 9.97. The molecular formula is C25H30N6O6. The first kappa shape index (κ1) is 27.1. The molecule has 0 aromatic heterocycles. The number of amides is 2. The van der Waals surface area contributed by atoms with Crippen molar-refractivity contribution in [2.45, 2.75) is 19.4 Å². The summed E-state index contributed by atoms with van der Waals surface area (Å²) in [4.78, 5) is 57.0. The van der Waals surface area contributed by atoms with Crippen LogP contribution in [0.2, 0.25) is 0 Å². The highest BCUT2D eigenvalue weighted by atomic mass is 16.5. The number of carbonyl (C=O) groups is 4. The van der Waals surface area contributed by atoms with E-state index in [0.717, 1.165) is 0 Å². The highest BCUT2D eigenvalue weighted by molar-refractivity contribution is 6.06. The number of guanidine groups is 1. The number of aliphatic imine (C=N–C) groups is 1. The van der Waals surface area contributed by atoms with Crippen molar-refractivity contribution in [3.63, 3.8) is 0 Å². The molecule has 0 saturated carbocycles. The number of hydrogen-bond acceptors (Lipinski definition) is 8. The quantitative estimate of drug-likeness (QED) is 0.148. The van der Waals surface area contributed by atoms with Gasteiger partial charge in [-0.3, -0.25) is 14.5 Å². The van der Waals surface area contributed by atoms with E-state index in [0.29, 0.717) is 16.8 Å². The molecule has 1 aliphatic rings. The largest absolute Gasteiger partial charge is 0.464 e. The van der Waals surface area contributed by atoms with Gasteiger partial charge in [0.2, 0.25) is 5.91 Å². The van der Waals surface area contributed by atoms with Crippen LogP contribution in [0.25, 0.3) is 0 Å². The summed E-state index contributed by atoms with van der Waals surface area (Å²) in [6.45, 7) is 4.31. The first-order valence-corrected chi connectivity index (χ1v) is 11.6. The first-order chi connectivity index (χ1) is 17.6. The molecule has 1 atom stereocenters. The molecule has 1 heterocycles. The van der Waals surface area contributed by atoms with Crippen LogP contribution in [0.5, 0.6) is 5.75 Å². The molecule has 37 heavy (non-hydrogen) atoms. The second-order valence-electron chi connectivity index (χ2n) is 8.43. The van der Waals surface area contributed by atoms with E-state index in [1.165, 1.54) is 31.2 Å². The zero-order valence-electron chi connectivity index (χ0n) is 20.7. The van der Waals surface area contributed by atoms with Crippen LogP contribution in [0.1, 0.15) is 34.6 Å². The van der Waals surface area contributed by atoms with Gasteiger partial charge in [-0.25, -0.2) is 14.6 Å². The van der Waals surface area contributed by atoms with Gasteiger partial charge in [0.15, 0.2) is 11.5 Å². The number of hydrogen-bond donors (Lipinski definition) is 3. The molecule has 0 bridgehead atoms. The Kier molecular flexibility index (Phi) is 8.45. The fourth-order valence-electron chi connectivity index (χ4n) is 3.85. The SMILES string of the molecule is CCOC(=O)C(C)(C(N)=O)N1CCN(C(=O)c2ccc(OC(=O)c3ccc(N=C(N)N)cc3)cc2)CC1. The van der Waals surface area contributed by atoms with Crippen molar-refractivity contribution in [2.75, 3.05) is 32.8 Å². The third-order valence-corrected chi connectivity index (χ3v) is 6.03. The van der Waals surface area contributed by atoms with Crippen molar-refractivity contribution in [1.82, 2.24) is 9.80 Å². The summed E-state index contributed by atoms with van der Waals surface area (Å²) in [5.41, 5.74) is 15.8. The van der Waals surface area contributed by atoms with Crippen LogP contribution in [-0.2, 0) is 14.3 Å². The third-order valence-electron chi connectivity index (χ3n) is 6.03. The van der Waals surface area contributed by atoms with Crippen LogP contribution in [0.15, 0.2) is 53.5 Å². The van der Waals surface area contributed by atoms with Gasteiger partial charge in [0.25, 0.3) is 5.91 Å². The minimum Gasteiger partial charge on any atom is -0.464 e. The first-order valence-electron chi connectivity index (χ1n) is 11.6. The van der Waals surface area contributed by atoms with E-state index in [4.69, 9.17) is 26.7 Å². The van der Waals surface area contributed by atoms with E-state index in [1.807, 2.05) is 0 Å². The Labute approximate surface area is 214 Å². The number of ether oxygens (including phenoxy) is 2. The summed E-state index contributed by atoms with van der Waals surface area (Å²) in [6, 6.07) is 12.4. The van der Waals surface area contributed by atoms with E-state index in [-0.39, 0.29) is 50.4 Å². The number of rotatable bonds is 8. The smallest absolute Gasteiger partial charge is 0.343 e. The molecule has 1 unspecified atom stereocenters. The van der Waals surface area contributed by atoms with Crippen molar-refractivity contribution >= 4 is 35.4 Å². The molecule has 2 amide bonds. The molecule has 0 radical (unpaired) electrons. The summed E-state index contributed by atoms with van der Waals surface area (Å²) < 4.78 is 10.4. The lowest BCUT2D eigenvalue weighted by molar-refractivity contribution is -0.162. The van der Waals surface area contributed by atoms with Gasteiger partial charge in [0.05, 0.1) is 17.9 Å². The maximum Gasteiger partial charge on any atom is 0.343 e. The average Bonchev–Trinajstić information content (AvgIpc) is 2.88. The van der Waals surface area contributed by atoms with Crippen LogP contribution in [0.4, 0.5) is 5.69 Å². The van der Waals surface area contributed by atoms with Crippen molar-refractivity contribution in [3.8, 4) is 5.75 Å². The van der Waals surface area contributed by atoms with Crippen LogP contribution >= 0.6 is 0 Å². The maximum atomic E-state index is 13.0. The van der Waals surface area contributed by atoms with Crippen molar-refractivity contribution < 1.29 is 28.7 Å². The zero-order valence-corrected chi connectivity index (χ0v) is 20.7. The van der Waals surface area contributed by atoms with Crippen molar-refractivity contribution in [2.24, 2.45) is 22.2 Å². The number of carbonyl (C=O) groups excluding carboxylic acids is 4. The minimum absolute atomic E-state index is 0.0901. The fourth-order valence-corrected chi connectivity index (χ4v) is 3.85. The normalized spacial score (nSPS) is 15.2. The van der Waals surface area contributed by atoms with E-state index in [2.05, 4.69) is 4.99 Å². The molecule has 0 aliphatic carbocycles. The number of nitrogens with two attached hydrogens (primary N) is 3. The summed E-state index contributed by atoms with van der Waals surface area (Å²) in [6.07, 6.45) is 0. The van der Waals surface area contributed by atoms with E-state index in [9.17, 15) is 19.2 Å². The Balaban J connectivity index is 1.59. The Morgan fingerprint density at radius 3 is 1.97 bits per heavy atom. The van der Waals surface area contributed by atoms with Gasteiger partial charge < -0.3 is 31.6 Å². The molecule has 1 aliphatic heterocycles. The van der Waals surface area contributed by atoms with Crippen molar-refractivity contribution in [1.29, 1.82) is 0 Å². The summed E-state index contributed by atoms with van der Waals surface area (Å²) in [7, 11) is 0. The lowest BCUT2D eigenvalue weighted by Crippen LogP contribution is -2.65. The standard InChI is InChI=1S/C25H30N6O6/c1-3-36-23(35)25(2,22(26)34)31-14-12-30(13-15-31)20(32)16-6-10-19(11-7-16)37-21(33)17-4-8-18(9-5-17)29-24(27)28/h4-11H,3,12-15H2,1-2H3,(H2,26,34)(H4,27,28,29). The molecular weight excluding hydrogens is 480 g/mol. The van der Waals surface area contributed by atoms with E-state index < -0.39 is 23.4 Å². The van der Waals surface area contributed by atoms with Crippen LogP contribution in [0.3, 0.4) is 0 Å². The molecule has 12 heteroatoms. The van der Waals surface area contributed by atoms with Gasteiger partial charge in [-0.1, -0.05) is 0 Å². The Morgan fingerprint density at radius 2 is 1.46 bits per heavy atom. The maximum absolute atomic E-state index is 13.0. The third kappa shape index (κ3) is 6.22. The van der Waals surface area contributed by atoms with Crippen LogP contribution in [0, 0.1) is 0 Å². The molecule has 2 aromatic rings. The molecule has 6 N–H and O–H groups in total.